The molecule has 0 aliphatic heterocycles. The van der Waals surface area contributed by atoms with E-state index in [2.05, 4.69) is 14.8 Å². The lowest BCUT2D eigenvalue weighted by Crippen LogP contribution is -2.17. The number of imidazole rings is 1. The first kappa shape index (κ1) is 15.3. The van der Waals surface area contributed by atoms with Gasteiger partial charge < -0.3 is 9.15 Å². The number of alkyl halides is 3. The molecule has 3 heterocycles. The monoisotopic (exact) mass is 371 g/mol. The molecule has 1 aromatic carbocycles. The first-order valence-corrected chi connectivity index (χ1v) is 8.66. The highest BCUT2D eigenvalue weighted by Gasteiger charge is 2.32. The minimum atomic E-state index is -4.78. The molecule has 0 saturated carbocycles. The number of benzene rings is 1. The molecule has 24 heavy (non-hydrogen) atoms. The molecule has 0 saturated heterocycles. The molecule has 4 aromatic rings. The number of nitrogens with zero attached hydrogens (tertiary/aromatic N) is 3. The topological polar surface area (TPSA) is 52.6 Å². The predicted molar refractivity (Wildman–Crippen MR) is 84.5 cm³/mol. The summed E-state index contributed by atoms with van der Waals surface area (Å²) >= 11 is 2.93. The van der Waals surface area contributed by atoms with Crippen LogP contribution in [-0.4, -0.2) is 27.2 Å². The minimum absolute atomic E-state index is 0.0268. The Balaban J connectivity index is 1.78. The van der Waals surface area contributed by atoms with E-state index in [1.165, 1.54) is 35.2 Å². The maximum Gasteiger partial charge on any atom is 0.573 e. The molecule has 0 radical (unpaired) electrons. The van der Waals surface area contributed by atoms with Crippen LogP contribution in [0.3, 0.4) is 0 Å². The Morgan fingerprint density at radius 3 is 2.88 bits per heavy atom. The molecule has 0 amide bonds. The smallest absolute Gasteiger partial charge is 0.450 e. The number of halogens is 3. The fraction of sp³-hybridized carbons (Fsp3) is 0.143. The average Bonchev–Trinajstić information content (AvgIpc) is 3.17. The van der Waals surface area contributed by atoms with Crippen LogP contribution in [0.2, 0.25) is 0 Å². The molecule has 10 heteroatoms. The summed E-state index contributed by atoms with van der Waals surface area (Å²) in [5.41, 5.74) is 0.523. The average molecular weight is 371 g/mol. The molecule has 5 nitrogen and oxygen atoms in total. The van der Waals surface area contributed by atoms with Crippen LogP contribution in [0.5, 0.6) is 5.75 Å². The number of thioether (sulfide) groups is 1. The highest BCUT2D eigenvalue weighted by atomic mass is 32.2. The lowest BCUT2D eigenvalue weighted by Gasteiger charge is -2.08. The van der Waals surface area contributed by atoms with Crippen LogP contribution >= 0.6 is 23.1 Å². The summed E-state index contributed by atoms with van der Waals surface area (Å²) in [6.07, 6.45) is -1.19. The molecular weight excluding hydrogens is 363 g/mol. The van der Waals surface area contributed by atoms with Gasteiger partial charge in [0.25, 0.3) is 0 Å². The first-order valence-electron chi connectivity index (χ1n) is 6.62. The number of hydrogen-bond donors (Lipinski definition) is 0. The number of aromatic nitrogens is 3. The standard InChI is InChI=1S/C14H8F3N3O2S2/c1-23-13-19-20-6-8(18-12(20)24-13)10-5-7-3-2-4-9(11(7)21-10)22-14(15,16)17/h2-6H,1H3. The maximum atomic E-state index is 12.5. The fourth-order valence-electron chi connectivity index (χ4n) is 2.25. The molecule has 4 rings (SSSR count). The van der Waals surface area contributed by atoms with Crippen molar-refractivity contribution >= 4 is 39.0 Å². The molecule has 124 valence electrons. The Kier molecular flexibility index (Phi) is 3.46. The molecule has 0 fully saturated rings. The van der Waals surface area contributed by atoms with Crippen molar-refractivity contribution in [2.24, 2.45) is 0 Å². The van der Waals surface area contributed by atoms with Gasteiger partial charge in [-0.25, -0.2) is 9.50 Å². The Bertz CT molecular complexity index is 1000. The van der Waals surface area contributed by atoms with E-state index in [1.807, 2.05) is 6.26 Å². The van der Waals surface area contributed by atoms with Crippen molar-refractivity contribution in [3.05, 3.63) is 30.5 Å². The van der Waals surface area contributed by atoms with Crippen LogP contribution < -0.4 is 4.74 Å². The molecule has 0 N–H and O–H groups in total. The Hall–Kier alpha value is -2.20. The van der Waals surface area contributed by atoms with Gasteiger partial charge in [-0.2, -0.15) is 0 Å². The van der Waals surface area contributed by atoms with Crippen LogP contribution in [0.1, 0.15) is 0 Å². The van der Waals surface area contributed by atoms with Gasteiger partial charge in [0, 0.05) is 5.39 Å². The summed E-state index contributed by atoms with van der Waals surface area (Å²) in [6, 6.07) is 5.95. The van der Waals surface area contributed by atoms with Crippen molar-refractivity contribution < 1.29 is 22.3 Å². The van der Waals surface area contributed by atoms with E-state index in [1.54, 1.807) is 22.8 Å². The zero-order valence-corrected chi connectivity index (χ0v) is 13.6. The van der Waals surface area contributed by atoms with E-state index in [9.17, 15) is 13.2 Å². The molecule has 0 atom stereocenters. The molecule has 3 aromatic heterocycles. The third-order valence-electron chi connectivity index (χ3n) is 3.19. The predicted octanol–water partition coefficient (Wildman–Crippen LogP) is 4.82. The third-order valence-corrected chi connectivity index (χ3v) is 5.08. The van der Waals surface area contributed by atoms with E-state index >= 15 is 0 Å². The second-order valence-electron chi connectivity index (χ2n) is 4.76. The highest BCUT2D eigenvalue weighted by Crippen LogP contribution is 2.36. The Morgan fingerprint density at radius 2 is 2.17 bits per heavy atom. The maximum absolute atomic E-state index is 12.5. The van der Waals surface area contributed by atoms with Crippen molar-refractivity contribution in [2.45, 2.75) is 10.7 Å². The van der Waals surface area contributed by atoms with Gasteiger partial charge in [-0.3, -0.25) is 0 Å². The van der Waals surface area contributed by atoms with E-state index in [0.29, 0.717) is 21.8 Å². The summed E-state index contributed by atoms with van der Waals surface area (Å²) in [5.74, 6) is -0.0262. The lowest BCUT2D eigenvalue weighted by atomic mass is 10.2. The van der Waals surface area contributed by atoms with Crippen molar-refractivity contribution in [3.8, 4) is 17.2 Å². The van der Waals surface area contributed by atoms with Gasteiger partial charge in [0.15, 0.2) is 21.4 Å². The van der Waals surface area contributed by atoms with Gasteiger partial charge >= 0.3 is 6.36 Å². The number of hydrogen-bond acceptors (Lipinski definition) is 6. The molecule has 0 unspecified atom stereocenters. The Morgan fingerprint density at radius 1 is 1.33 bits per heavy atom. The molecular formula is C14H8F3N3O2S2. The molecule has 0 spiro atoms. The van der Waals surface area contributed by atoms with Gasteiger partial charge in [-0.05, 0) is 18.4 Å². The first-order chi connectivity index (χ1) is 11.4. The number of furan rings is 1. The summed E-state index contributed by atoms with van der Waals surface area (Å²) < 4.78 is 49.5. The second-order valence-corrected chi connectivity index (χ2v) is 6.77. The minimum Gasteiger partial charge on any atom is -0.450 e. The Labute approximate surface area is 141 Å². The highest BCUT2D eigenvalue weighted by molar-refractivity contribution is 8.00. The van der Waals surface area contributed by atoms with Crippen molar-refractivity contribution in [1.29, 1.82) is 0 Å². The number of fused-ring (bicyclic) bond motifs is 2. The van der Waals surface area contributed by atoms with E-state index in [0.717, 1.165) is 4.34 Å². The quantitative estimate of drug-likeness (QED) is 0.483. The van der Waals surface area contributed by atoms with Gasteiger partial charge in [-0.1, -0.05) is 35.2 Å². The van der Waals surface area contributed by atoms with Crippen LogP contribution in [0.25, 0.3) is 27.4 Å². The van der Waals surface area contributed by atoms with Crippen LogP contribution in [-0.2, 0) is 0 Å². The zero-order chi connectivity index (χ0) is 16.9. The summed E-state index contributed by atoms with van der Waals surface area (Å²) in [7, 11) is 0. The van der Waals surface area contributed by atoms with Gasteiger partial charge in [0.1, 0.15) is 5.69 Å². The SMILES string of the molecule is CSc1nn2cc(-c3cc4cccc(OC(F)(F)F)c4o3)nc2s1. The van der Waals surface area contributed by atoms with Crippen molar-refractivity contribution in [3.63, 3.8) is 0 Å². The van der Waals surface area contributed by atoms with Crippen LogP contribution in [0.15, 0.2) is 39.2 Å². The fourth-order valence-corrected chi connectivity index (χ4v) is 3.59. The van der Waals surface area contributed by atoms with Crippen LogP contribution in [0.4, 0.5) is 13.2 Å². The normalized spacial score (nSPS) is 12.3. The van der Waals surface area contributed by atoms with Crippen LogP contribution in [0, 0.1) is 0 Å². The van der Waals surface area contributed by atoms with E-state index < -0.39 is 6.36 Å². The summed E-state index contributed by atoms with van der Waals surface area (Å²) in [6.45, 7) is 0. The van der Waals surface area contributed by atoms with Crippen molar-refractivity contribution in [2.75, 3.05) is 6.26 Å². The zero-order valence-electron chi connectivity index (χ0n) is 12.0. The van der Waals surface area contributed by atoms with Crippen molar-refractivity contribution in [1.82, 2.24) is 14.6 Å². The van der Waals surface area contributed by atoms with Gasteiger partial charge in [0.05, 0.1) is 6.20 Å². The number of ether oxygens (including phenoxy) is 1. The summed E-state index contributed by atoms with van der Waals surface area (Å²) in [5, 5.41) is 4.82. The van der Waals surface area contributed by atoms with E-state index in [4.69, 9.17) is 4.42 Å². The summed E-state index contributed by atoms with van der Waals surface area (Å²) in [4.78, 5) is 5.08. The molecule has 0 aliphatic carbocycles. The second kappa shape index (κ2) is 5.42. The third kappa shape index (κ3) is 2.71. The van der Waals surface area contributed by atoms with E-state index in [-0.39, 0.29) is 11.3 Å². The largest absolute Gasteiger partial charge is 0.573 e. The van der Waals surface area contributed by atoms with Gasteiger partial charge in [-0.15, -0.1) is 18.3 Å². The number of para-hydroxylation sites is 1. The number of rotatable bonds is 3. The lowest BCUT2D eigenvalue weighted by molar-refractivity contribution is -0.274. The molecule has 0 bridgehead atoms. The van der Waals surface area contributed by atoms with Gasteiger partial charge in [0.2, 0.25) is 4.96 Å². The molecule has 0 aliphatic rings.